The summed E-state index contributed by atoms with van der Waals surface area (Å²) >= 11 is 0. The first kappa shape index (κ1) is 22.0. The first-order valence-corrected chi connectivity index (χ1v) is 10.3. The van der Waals surface area contributed by atoms with Crippen molar-refractivity contribution in [2.24, 2.45) is 10.8 Å². The van der Waals surface area contributed by atoms with Crippen LogP contribution in [-0.2, 0) is 0 Å². The molecule has 0 amide bonds. The molecule has 0 saturated carbocycles. The number of hydrogen-bond acceptors (Lipinski definition) is 2. The van der Waals surface area contributed by atoms with Gasteiger partial charge in [-0.25, -0.2) is 0 Å². The fourth-order valence-corrected chi connectivity index (χ4v) is 4.83. The van der Waals surface area contributed by atoms with Crippen molar-refractivity contribution in [1.82, 2.24) is 10.2 Å². The van der Waals surface area contributed by atoms with E-state index in [1.54, 1.807) is 0 Å². The first-order valence-electron chi connectivity index (χ1n) is 10.3. The quantitative estimate of drug-likeness (QED) is 0.558. The topological polar surface area (TPSA) is 15.3 Å². The van der Waals surface area contributed by atoms with E-state index in [2.05, 4.69) is 79.6 Å². The molecule has 0 atom stereocenters. The molecule has 0 aromatic rings. The lowest BCUT2D eigenvalue weighted by Gasteiger charge is -2.69. The van der Waals surface area contributed by atoms with Crippen LogP contribution in [0, 0.1) is 10.8 Å². The van der Waals surface area contributed by atoms with Gasteiger partial charge in [-0.05, 0) is 58.5 Å². The van der Waals surface area contributed by atoms with Crippen LogP contribution in [0.2, 0.25) is 0 Å². The predicted molar refractivity (Wildman–Crippen MR) is 109 cm³/mol. The lowest BCUT2D eigenvalue weighted by atomic mass is 9.51. The van der Waals surface area contributed by atoms with Crippen LogP contribution in [0.1, 0.15) is 101 Å². The van der Waals surface area contributed by atoms with Gasteiger partial charge in [-0.2, -0.15) is 0 Å². The summed E-state index contributed by atoms with van der Waals surface area (Å²) in [4.78, 5) is 2.61. The molecule has 2 heteroatoms. The molecule has 1 aliphatic rings. The molecule has 1 N–H and O–H groups in total. The molecule has 1 saturated heterocycles. The van der Waals surface area contributed by atoms with E-state index in [0.29, 0.717) is 6.04 Å². The van der Waals surface area contributed by atoms with Crippen molar-refractivity contribution < 1.29 is 0 Å². The van der Waals surface area contributed by atoms with E-state index in [9.17, 15) is 0 Å². The molecular weight excluding hydrogens is 292 g/mol. The van der Waals surface area contributed by atoms with Crippen molar-refractivity contribution in [2.75, 3.05) is 13.6 Å². The molecule has 1 aliphatic heterocycles. The summed E-state index contributed by atoms with van der Waals surface area (Å²) in [7, 11) is 2.31. The summed E-state index contributed by atoms with van der Waals surface area (Å²) in [6.45, 7) is 23.0. The van der Waals surface area contributed by atoms with E-state index in [-0.39, 0.29) is 21.9 Å². The van der Waals surface area contributed by atoms with Gasteiger partial charge in [-0.3, -0.25) is 4.90 Å². The fraction of sp³-hybridized carbons (Fsp3) is 1.00. The van der Waals surface area contributed by atoms with E-state index >= 15 is 0 Å². The molecule has 24 heavy (non-hydrogen) atoms. The van der Waals surface area contributed by atoms with E-state index in [4.69, 9.17) is 0 Å². The fourth-order valence-electron chi connectivity index (χ4n) is 4.83. The van der Waals surface area contributed by atoms with Crippen molar-refractivity contribution in [3.63, 3.8) is 0 Å². The van der Waals surface area contributed by atoms with Crippen molar-refractivity contribution in [3.05, 3.63) is 0 Å². The standard InChI is InChI=1S/C22H46N2/c1-11-12-13-14-15-16-17-23-18-19(2,3)21(6,7)24(10)22(8,9)20(18,4)5/h18,23H,11-17H2,1-10H3. The van der Waals surface area contributed by atoms with Crippen molar-refractivity contribution in [3.8, 4) is 0 Å². The summed E-state index contributed by atoms with van der Waals surface area (Å²) in [5.41, 5.74) is 0.738. The van der Waals surface area contributed by atoms with Gasteiger partial charge in [0.05, 0.1) is 0 Å². The highest BCUT2D eigenvalue weighted by Crippen LogP contribution is 2.56. The Bertz CT molecular complexity index is 365. The minimum atomic E-state index is 0.158. The summed E-state index contributed by atoms with van der Waals surface area (Å²) in [6.07, 6.45) is 8.20. The van der Waals surface area contributed by atoms with Gasteiger partial charge in [0, 0.05) is 17.1 Å². The number of piperidine rings is 1. The van der Waals surface area contributed by atoms with Crippen LogP contribution in [0.4, 0.5) is 0 Å². The lowest BCUT2D eigenvalue weighted by molar-refractivity contribution is -0.177. The third kappa shape index (κ3) is 3.70. The third-order valence-electron chi connectivity index (χ3n) is 8.15. The van der Waals surface area contributed by atoms with Crippen LogP contribution < -0.4 is 5.32 Å². The Morgan fingerprint density at radius 2 is 1.12 bits per heavy atom. The van der Waals surface area contributed by atoms with Crippen LogP contribution in [0.25, 0.3) is 0 Å². The first-order chi connectivity index (χ1) is 10.8. The Kier molecular flexibility index (Phi) is 7.01. The average Bonchev–Trinajstić information content (AvgIpc) is 2.47. The van der Waals surface area contributed by atoms with Crippen LogP contribution in [0.5, 0.6) is 0 Å². The zero-order valence-corrected chi connectivity index (χ0v) is 18.5. The number of rotatable bonds is 8. The molecule has 0 bridgehead atoms. The SMILES string of the molecule is CCCCCCCCNC1C(C)(C)C(C)(C)N(C)C(C)(C)C1(C)C. The maximum absolute atomic E-state index is 4.00. The molecule has 0 aromatic heterocycles. The van der Waals surface area contributed by atoms with Gasteiger partial charge >= 0.3 is 0 Å². The second-order valence-corrected chi connectivity index (χ2v) is 10.3. The monoisotopic (exact) mass is 338 g/mol. The molecule has 1 heterocycles. The second kappa shape index (κ2) is 7.66. The predicted octanol–water partition coefficient (Wildman–Crippen LogP) is 5.86. The molecule has 1 rings (SSSR count). The normalized spacial score (nSPS) is 25.8. The van der Waals surface area contributed by atoms with E-state index in [0.717, 1.165) is 6.54 Å². The molecule has 0 spiro atoms. The molecule has 1 fully saturated rings. The van der Waals surface area contributed by atoms with Gasteiger partial charge in [0.15, 0.2) is 0 Å². The highest BCUT2D eigenvalue weighted by atomic mass is 15.3. The number of unbranched alkanes of at least 4 members (excludes halogenated alkanes) is 5. The van der Waals surface area contributed by atoms with Crippen LogP contribution in [-0.4, -0.2) is 35.6 Å². The molecule has 144 valence electrons. The van der Waals surface area contributed by atoms with Gasteiger partial charge in [0.25, 0.3) is 0 Å². The third-order valence-corrected chi connectivity index (χ3v) is 8.15. The van der Waals surface area contributed by atoms with Crippen LogP contribution in [0.3, 0.4) is 0 Å². The lowest BCUT2D eigenvalue weighted by Crippen LogP contribution is -2.78. The van der Waals surface area contributed by atoms with Crippen molar-refractivity contribution in [2.45, 2.75) is 118 Å². The molecule has 0 radical (unpaired) electrons. The van der Waals surface area contributed by atoms with Crippen LogP contribution >= 0.6 is 0 Å². The number of hydrogen-bond donors (Lipinski definition) is 1. The summed E-state index contributed by atoms with van der Waals surface area (Å²) < 4.78 is 0. The van der Waals surface area contributed by atoms with E-state index in [1.165, 1.54) is 38.5 Å². The van der Waals surface area contributed by atoms with Crippen molar-refractivity contribution in [1.29, 1.82) is 0 Å². The average molecular weight is 339 g/mol. The maximum Gasteiger partial charge on any atom is 0.0221 e. The Balaban J connectivity index is 2.79. The number of likely N-dealkylation sites (tertiary alicyclic amines) is 1. The summed E-state index contributed by atoms with van der Waals surface area (Å²) in [5.74, 6) is 0. The molecular formula is C22H46N2. The zero-order chi connectivity index (χ0) is 18.8. The molecule has 0 aliphatic carbocycles. The summed E-state index contributed by atoms with van der Waals surface area (Å²) in [6, 6.07) is 0.516. The number of nitrogens with zero attached hydrogens (tertiary/aromatic N) is 1. The maximum atomic E-state index is 4.00. The van der Waals surface area contributed by atoms with Gasteiger partial charge in [-0.1, -0.05) is 66.7 Å². The van der Waals surface area contributed by atoms with Crippen LogP contribution in [0.15, 0.2) is 0 Å². The van der Waals surface area contributed by atoms with Gasteiger partial charge < -0.3 is 5.32 Å². The van der Waals surface area contributed by atoms with Crippen molar-refractivity contribution >= 4 is 0 Å². The van der Waals surface area contributed by atoms with E-state index in [1.807, 2.05) is 0 Å². The second-order valence-electron chi connectivity index (χ2n) is 10.3. The largest absolute Gasteiger partial charge is 0.313 e. The highest BCUT2D eigenvalue weighted by molar-refractivity contribution is 5.18. The zero-order valence-electron chi connectivity index (χ0n) is 18.5. The van der Waals surface area contributed by atoms with Gasteiger partial charge in [0.1, 0.15) is 0 Å². The molecule has 2 nitrogen and oxygen atoms in total. The molecule has 0 aromatic carbocycles. The Labute approximate surface area is 153 Å². The minimum absolute atomic E-state index is 0.158. The highest BCUT2D eigenvalue weighted by Gasteiger charge is 2.62. The van der Waals surface area contributed by atoms with E-state index < -0.39 is 0 Å². The minimum Gasteiger partial charge on any atom is -0.313 e. The Hall–Kier alpha value is -0.0800. The molecule has 0 unspecified atom stereocenters. The Morgan fingerprint density at radius 1 is 0.708 bits per heavy atom. The Morgan fingerprint density at radius 3 is 1.58 bits per heavy atom. The number of nitrogens with one attached hydrogen (secondary N) is 1. The van der Waals surface area contributed by atoms with Gasteiger partial charge in [-0.15, -0.1) is 0 Å². The smallest absolute Gasteiger partial charge is 0.0221 e. The summed E-state index contributed by atoms with van der Waals surface area (Å²) in [5, 5.41) is 4.00. The van der Waals surface area contributed by atoms with Gasteiger partial charge in [0.2, 0.25) is 0 Å².